The number of anilines is 1. The minimum Gasteiger partial charge on any atom is -0.349 e. The van der Waals surface area contributed by atoms with Gasteiger partial charge in [-0.2, -0.15) is 5.10 Å². The zero-order valence-electron chi connectivity index (χ0n) is 16.8. The molecule has 0 radical (unpaired) electrons. The summed E-state index contributed by atoms with van der Waals surface area (Å²) in [5.74, 6) is 0.778. The van der Waals surface area contributed by atoms with E-state index in [4.69, 9.17) is 4.98 Å². The fourth-order valence-electron chi connectivity index (χ4n) is 5.01. The normalized spacial score (nSPS) is 24.7. The lowest BCUT2D eigenvalue weighted by molar-refractivity contribution is 0.0930. The van der Waals surface area contributed by atoms with Crippen molar-refractivity contribution in [3.05, 3.63) is 53.4 Å². The Labute approximate surface area is 173 Å². The van der Waals surface area contributed by atoms with Crippen molar-refractivity contribution in [3.8, 4) is 0 Å². The molecule has 1 N–H and O–H groups in total. The third-order valence-corrected chi connectivity index (χ3v) is 6.81. The molecule has 3 aliphatic rings. The Morgan fingerprint density at radius 3 is 2.97 bits per heavy atom. The Bertz CT molecular complexity index is 1170. The van der Waals surface area contributed by atoms with Crippen LogP contribution in [-0.4, -0.2) is 37.6 Å². The molecule has 1 amide bonds. The van der Waals surface area contributed by atoms with Crippen LogP contribution in [0.2, 0.25) is 0 Å². The van der Waals surface area contributed by atoms with Gasteiger partial charge in [0.25, 0.3) is 5.91 Å². The molecule has 30 heavy (non-hydrogen) atoms. The summed E-state index contributed by atoms with van der Waals surface area (Å²) in [6.45, 7) is 3.03. The number of aryl methyl sites for hydroxylation is 1. The van der Waals surface area contributed by atoms with Gasteiger partial charge in [0.2, 0.25) is 0 Å². The number of hydrogen-bond acceptors (Lipinski definition) is 5. The van der Waals surface area contributed by atoms with Gasteiger partial charge in [-0.25, -0.2) is 13.9 Å². The molecule has 7 nitrogen and oxygen atoms in total. The second kappa shape index (κ2) is 6.23. The number of aromatic nitrogens is 4. The van der Waals surface area contributed by atoms with Gasteiger partial charge in [-0.05, 0) is 55.7 Å². The number of pyridine rings is 1. The molecule has 3 aromatic heterocycles. The van der Waals surface area contributed by atoms with Gasteiger partial charge in [0.1, 0.15) is 17.2 Å². The van der Waals surface area contributed by atoms with Gasteiger partial charge in [-0.3, -0.25) is 9.78 Å². The highest BCUT2D eigenvalue weighted by molar-refractivity contribution is 6.00. The SMILES string of the molecule is CC1C[C@@H]2c3cc(F)cnc3CCC3(CC3)NC(=O)c3cnn4ccc(nc34)N2C1. The Morgan fingerprint density at radius 2 is 2.13 bits per heavy atom. The number of fused-ring (bicyclic) bond motifs is 5. The predicted octanol–water partition coefficient (Wildman–Crippen LogP) is 3.06. The fraction of sp³-hybridized carbons (Fsp3) is 0.455. The van der Waals surface area contributed by atoms with Gasteiger partial charge in [0.05, 0.1) is 18.4 Å². The lowest BCUT2D eigenvalue weighted by Crippen LogP contribution is -2.37. The molecule has 1 spiro atoms. The molecule has 8 heteroatoms. The number of nitrogens with zero attached hydrogens (tertiary/aromatic N) is 5. The second-order valence-electron chi connectivity index (χ2n) is 9.05. The van der Waals surface area contributed by atoms with E-state index in [-0.39, 0.29) is 23.3 Å². The quantitative estimate of drug-likeness (QED) is 0.621. The van der Waals surface area contributed by atoms with Crippen LogP contribution in [0.25, 0.3) is 5.65 Å². The maximum absolute atomic E-state index is 14.2. The Morgan fingerprint density at radius 1 is 1.27 bits per heavy atom. The molecule has 1 unspecified atom stereocenters. The average Bonchev–Trinajstić information content (AvgIpc) is 3.18. The van der Waals surface area contributed by atoms with Crippen molar-refractivity contribution in [1.29, 1.82) is 0 Å². The first-order valence-electron chi connectivity index (χ1n) is 10.6. The molecule has 154 valence electrons. The summed E-state index contributed by atoms with van der Waals surface area (Å²) in [7, 11) is 0. The van der Waals surface area contributed by atoms with E-state index in [0.29, 0.717) is 23.5 Å². The van der Waals surface area contributed by atoms with Gasteiger partial charge < -0.3 is 10.2 Å². The fourth-order valence-corrected chi connectivity index (χ4v) is 5.01. The number of hydrogen-bond donors (Lipinski definition) is 1. The van der Waals surface area contributed by atoms with E-state index in [0.717, 1.165) is 49.3 Å². The second-order valence-corrected chi connectivity index (χ2v) is 9.05. The number of carbonyl (C=O) groups excluding carboxylic acids is 1. The number of halogens is 1. The van der Waals surface area contributed by atoms with Crippen LogP contribution in [-0.2, 0) is 6.42 Å². The number of nitrogens with one attached hydrogen (secondary N) is 1. The first kappa shape index (κ1) is 17.8. The summed E-state index contributed by atoms with van der Waals surface area (Å²) in [5, 5.41) is 7.53. The molecule has 2 atom stereocenters. The molecule has 1 aliphatic carbocycles. The van der Waals surface area contributed by atoms with E-state index in [9.17, 15) is 9.18 Å². The van der Waals surface area contributed by atoms with Gasteiger partial charge in [-0.15, -0.1) is 0 Å². The van der Waals surface area contributed by atoms with Crippen molar-refractivity contribution >= 4 is 17.4 Å². The van der Waals surface area contributed by atoms with Crippen LogP contribution in [0.5, 0.6) is 0 Å². The maximum Gasteiger partial charge on any atom is 0.257 e. The first-order valence-corrected chi connectivity index (χ1v) is 10.6. The van der Waals surface area contributed by atoms with Crippen LogP contribution in [0, 0.1) is 11.7 Å². The Kier molecular flexibility index (Phi) is 3.70. The average molecular weight is 406 g/mol. The summed E-state index contributed by atoms with van der Waals surface area (Å²) in [6, 6.07) is 3.57. The minimum absolute atomic E-state index is 0.0130. The van der Waals surface area contributed by atoms with Crippen molar-refractivity contribution in [2.24, 2.45) is 5.92 Å². The topological polar surface area (TPSA) is 75.4 Å². The highest BCUT2D eigenvalue weighted by atomic mass is 19.1. The molecular weight excluding hydrogens is 383 g/mol. The monoisotopic (exact) mass is 406 g/mol. The van der Waals surface area contributed by atoms with E-state index in [2.05, 4.69) is 27.2 Å². The third-order valence-electron chi connectivity index (χ3n) is 6.81. The van der Waals surface area contributed by atoms with E-state index >= 15 is 0 Å². The Balaban J connectivity index is 1.55. The third kappa shape index (κ3) is 2.77. The number of rotatable bonds is 0. The van der Waals surface area contributed by atoms with Crippen LogP contribution < -0.4 is 10.2 Å². The summed E-state index contributed by atoms with van der Waals surface area (Å²) in [5.41, 5.74) is 2.69. The van der Waals surface area contributed by atoms with Gasteiger partial charge >= 0.3 is 0 Å². The lowest BCUT2D eigenvalue weighted by atomic mass is 9.96. The lowest BCUT2D eigenvalue weighted by Gasteiger charge is -2.27. The summed E-state index contributed by atoms with van der Waals surface area (Å²) in [6.07, 6.45) is 9.04. The van der Waals surface area contributed by atoms with Crippen molar-refractivity contribution in [3.63, 3.8) is 0 Å². The van der Waals surface area contributed by atoms with Crippen molar-refractivity contribution in [2.45, 2.75) is 50.6 Å². The van der Waals surface area contributed by atoms with Gasteiger partial charge in [0.15, 0.2) is 5.65 Å². The predicted molar refractivity (Wildman–Crippen MR) is 109 cm³/mol. The highest BCUT2D eigenvalue weighted by Crippen LogP contribution is 2.43. The molecule has 2 aliphatic heterocycles. The first-order chi connectivity index (χ1) is 14.5. The summed E-state index contributed by atoms with van der Waals surface area (Å²) < 4.78 is 15.9. The van der Waals surface area contributed by atoms with E-state index in [1.165, 1.54) is 6.20 Å². The standard InChI is InChI=1S/C22H23FN6O/c1-13-8-18-15-9-14(23)10-24-17(15)2-4-22(5-6-22)27-21(30)16-11-25-29-7-3-19(26-20(16)29)28(18)12-13/h3,7,9-11,13,18H,2,4-6,8,12H2,1H3,(H,27,30)/t13?,18-/m1/s1. The molecule has 1 saturated heterocycles. The van der Waals surface area contributed by atoms with Crippen LogP contribution in [0.4, 0.5) is 10.2 Å². The molecule has 1 saturated carbocycles. The summed E-state index contributed by atoms with van der Waals surface area (Å²) in [4.78, 5) is 24.6. The van der Waals surface area contributed by atoms with Crippen molar-refractivity contribution < 1.29 is 9.18 Å². The molecule has 2 bridgehead atoms. The largest absolute Gasteiger partial charge is 0.349 e. The van der Waals surface area contributed by atoms with E-state index in [1.54, 1.807) is 16.8 Å². The zero-order valence-corrected chi connectivity index (χ0v) is 16.8. The smallest absolute Gasteiger partial charge is 0.257 e. The maximum atomic E-state index is 14.2. The summed E-state index contributed by atoms with van der Waals surface area (Å²) >= 11 is 0. The van der Waals surface area contributed by atoms with Crippen molar-refractivity contribution in [2.75, 3.05) is 11.4 Å². The molecule has 6 rings (SSSR count). The van der Waals surface area contributed by atoms with Gasteiger partial charge in [-0.1, -0.05) is 6.92 Å². The minimum atomic E-state index is -0.312. The van der Waals surface area contributed by atoms with E-state index in [1.807, 2.05) is 12.3 Å². The molecule has 0 aromatic carbocycles. The van der Waals surface area contributed by atoms with Crippen LogP contribution in [0.15, 0.2) is 30.7 Å². The number of amides is 1. The van der Waals surface area contributed by atoms with E-state index < -0.39 is 0 Å². The molecule has 3 aromatic rings. The zero-order chi connectivity index (χ0) is 20.5. The van der Waals surface area contributed by atoms with Crippen LogP contribution in [0.3, 0.4) is 0 Å². The Hall–Kier alpha value is -3.03. The molecule has 5 heterocycles. The van der Waals surface area contributed by atoms with Crippen LogP contribution >= 0.6 is 0 Å². The number of carbonyl (C=O) groups is 1. The molecule has 2 fully saturated rings. The van der Waals surface area contributed by atoms with Crippen molar-refractivity contribution in [1.82, 2.24) is 24.9 Å². The van der Waals surface area contributed by atoms with Crippen LogP contribution in [0.1, 0.15) is 60.3 Å². The highest BCUT2D eigenvalue weighted by Gasteiger charge is 2.44. The molecular formula is C22H23FN6O. The van der Waals surface area contributed by atoms with Gasteiger partial charge in [0, 0.05) is 24.0 Å².